The monoisotopic (exact) mass is 601 g/mol. The Morgan fingerprint density at radius 3 is 2.52 bits per heavy atom. The van der Waals surface area contributed by atoms with Crippen molar-refractivity contribution >= 4 is 28.3 Å². The first-order chi connectivity index (χ1) is 21.1. The van der Waals surface area contributed by atoms with Gasteiger partial charge in [-0.2, -0.15) is 0 Å². The van der Waals surface area contributed by atoms with Gasteiger partial charge in [0.15, 0.2) is 17.3 Å². The van der Waals surface area contributed by atoms with Gasteiger partial charge >= 0.3 is 0 Å². The molecule has 0 radical (unpaired) electrons. The number of rotatable bonds is 5. The summed E-state index contributed by atoms with van der Waals surface area (Å²) in [4.78, 5) is 47.4. The number of hydrogen-bond acceptors (Lipinski definition) is 8. The zero-order valence-corrected chi connectivity index (χ0v) is 25.4. The van der Waals surface area contributed by atoms with Crippen molar-refractivity contribution in [2.75, 3.05) is 37.0 Å². The maximum absolute atomic E-state index is 16.2. The first kappa shape index (κ1) is 29.2. The summed E-state index contributed by atoms with van der Waals surface area (Å²) >= 11 is 0. The van der Waals surface area contributed by atoms with Gasteiger partial charge in [0.1, 0.15) is 29.0 Å². The van der Waals surface area contributed by atoms with Crippen molar-refractivity contribution in [2.45, 2.75) is 45.7 Å². The van der Waals surface area contributed by atoms with Crippen molar-refractivity contribution in [2.24, 2.45) is 0 Å². The second kappa shape index (κ2) is 11.0. The second-order valence-corrected chi connectivity index (χ2v) is 11.4. The maximum atomic E-state index is 16.2. The fourth-order valence-corrected chi connectivity index (χ4v) is 6.23. The fraction of sp³-hybridized carbons (Fsp3) is 0.344. The molecule has 0 saturated carbocycles. The molecule has 0 unspecified atom stereocenters. The number of hydrogen-bond donors (Lipinski definition) is 0. The lowest BCUT2D eigenvalue weighted by Crippen LogP contribution is -2.64. The maximum Gasteiger partial charge on any atom is 0.284 e. The molecule has 4 aromatic rings. The highest BCUT2D eigenvalue weighted by molar-refractivity contribution is 6.11. The summed E-state index contributed by atoms with van der Waals surface area (Å²) in [5.41, 5.74) is -0.0203. The minimum Gasteiger partial charge on any atom is -0.496 e. The van der Waals surface area contributed by atoms with Gasteiger partial charge in [-0.05, 0) is 44.2 Å². The predicted molar refractivity (Wildman–Crippen MR) is 164 cm³/mol. The average molecular weight is 602 g/mol. The highest BCUT2D eigenvalue weighted by Crippen LogP contribution is 2.43. The number of amides is 1. The Labute approximate surface area is 253 Å². The number of pyridine rings is 2. The van der Waals surface area contributed by atoms with Gasteiger partial charge in [0.05, 0.1) is 24.1 Å². The van der Waals surface area contributed by atoms with Crippen LogP contribution < -0.4 is 20.1 Å². The molecule has 228 valence electrons. The number of aromatic nitrogens is 4. The Bertz CT molecular complexity index is 1890. The molecule has 2 aliphatic heterocycles. The lowest BCUT2D eigenvalue weighted by Gasteiger charge is -2.49. The quantitative estimate of drug-likeness (QED) is 0.327. The van der Waals surface area contributed by atoms with Crippen LogP contribution in [0.4, 0.5) is 20.2 Å². The molecule has 1 saturated heterocycles. The summed E-state index contributed by atoms with van der Waals surface area (Å²) < 4.78 is 38.1. The number of allylic oxidation sites excluding steroid dienone is 1. The van der Waals surface area contributed by atoms with E-state index in [1.165, 1.54) is 53.2 Å². The number of fused-ring (bicyclic) bond motifs is 5. The molecule has 0 N–H and O–H groups in total. The molecule has 6 rings (SSSR count). The number of piperazine rings is 1. The largest absolute Gasteiger partial charge is 0.496 e. The average Bonchev–Trinajstić information content (AvgIpc) is 3.00. The van der Waals surface area contributed by atoms with Gasteiger partial charge in [-0.3, -0.25) is 14.6 Å². The third-order valence-electron chi connectivity index (χ3n) is 8.32. The third-order valence-corrected chi connectivity index (χ3v) is 8.32. The van der Waals surface area contributed by atoms with E-state index in [9.17, 15) is 9.59 Å². The standard InChI is InChI=1S/C32H33F2N7O3/c1-7-13-39-16-22-31(42)38(5)28-27(40(22)15-18(39)4)19-14-21(34)26(24-20(33)9-8-10-23(24)44-6)37-29(19)41(32(28)43)30-25(17(2)3)35-11-12-36-30/h7-14,17-18,22H,15-16H2,1-6H3/t18-,22-/m1/s1. The van der Waals surface area contributed by atoms with Crippen LogP contribution in [0.25, 0.3) is 28.1 Å². The zero-order chi connectivity index (χ0) is 31.4. The molecule has 1 fully saturated rings. The summed E-state index contributed by atoms with van der Waals surface area (Å²) in [6.45, 7) is 8.53. The summed E-state index contributed by atoms with van der Waals surface area (Å²) in [5, 5.41) is 0.285. The Balaban J connectivity index is 1.75. The molecule has 2 aliphatic rings. The Kier molecular flexibility index (Phi) is 7.30. The molecule has 3 aromatic heterocycles. The van der Waals surface area contributed by atoms with Crippen molar-refractivity contribution in [3.63, 3.8) is 0 Å². The molecule has 10 nitrogen and oxygen atoms in total. The number of benzene rings is 1. The SMILES string of the molecule is CC=CN1C[C@@H]2C(=O)N(C)c3c(c4cc(F)c(-c5c(F)cccc5OC)nc4n(-c4nccnc4C(C)C)c3=O)N2C[C@H]1C. The van der Waals surface area contributed by atoms with Crippen molar-refractivity contribution in [3.05, 3.63) is 76.6 Å². The lowest BCUT2D eigenvalue weighted by molar-refractivity contribution is -0.120. The number of ether oxygens (including phenoxy) is 1. The van der Waals surface area contributed by atoms with Gasteiger partial charge in [0.2, 0.25) is 0 Å². The van der Waals surface area contributed by atoms with E-state index in [4.69, 9.17) is 4.74 Å². The number of methoxy groups -OCH3 is 1. The van der Waals surface area contributed by atoms with Crippen LogP contribution in [-0.4, -0.2) is 69.7 Å². The zero-order valence-electron chi connectivity index (χ0n) is 25.4. The first-order valence-corrected chi connectivity index (χ1v) is 14.4. The van der Waals surface area contributed by atoms with Crippen molar-refractivity contribution in [3.8, 4) is 22.8 Å². The molecule has 1 amide bonds. The molecule has 0 aliphatic carbocycles. The van der Waals surface area contributed by atoms with Gasteiger partial charge in [-0.25, -0.2) is 23.3 Å². The molecule has 0 spiro atoms. The minimum absolute atomic E-state index is 0.0173. The van der Waals surface area contributed by atoms with Gasteiger partial charge in [0.25, 0.3) is 11.5 Å². The summed E-state index contributed by atoms with van der Waals surface area (Å²) in [6.07, 6.45) is 6.84. The number of carbonyl (C=O) groups excluding carboxylic acids is 1. The van der Waals surface area contributed by atoms with Gasteiger partial charge < -0.3 is 19.4 Å². The van der Waals surface area contributed by atoms with E-state index in [2.05, 4.69) is 19.9 Å². The first-order valence-electron chi connectivity index (χ1n) is 14.4. The van der Waals surface area contributed by atoms with Crippen molar-refractivity contribution in [1.82, 2.24) is 24.4 Å². The van der Waals surface area contributed by atoms with Crippen LogP contribution in [0.3, 0.4) is 0 Å². The van der Waals surface area contributed by atoms with E-state index in [0.29, 0.717) is 24.5 Å². The molecule has 2 atom stereocenters. The molecular formula is C32H33F2N7O3. The summed E-state index contributed by atoms with van der Waals surface area (Å²) in [6, 6.07) is 4.78. The van der Waals surface area contributed by atoms with Gasteiger partial charge in [0, 0.05) is 44.0 Å². The number of nitrogens with zero attached hydrogens (tertiary/aromatic N) is 7. The van der Waals surface area contributed by atoms with E-state index >= 15 is 8.78 Å². The van der Waals surface area contributed by atoms with Crippen LogP contribution in [0, 0.1) is 11.6 Å². The fourth-order valence-electron chi connectivity index (χ4n) is 6.23. The normalized spacial score (nSPS) is 18.4. The lowest BCUT2D eigenvalue weighted by atomic mass is 9.98. The summed E-state index contributed by atoms with van der Waals surface area (Å²) in [5.74, 6) is -1.67. The van der Waals surface area contributed by atoms with Crippen LogP contribution in [0.2, 0.25) is 0 Å². The van der Waals surface area contributed by atoms with E-state index in [1.807, 2.05) is 44.9 Å². The predicted octanol–water partition coefficient (Wildman–Crippen LogP) is 4.64. The number of likely N-dealkylation sites (N-methyl/N-ethyl adjacent to an activating group) is 1. The Morgan fingerprint density at radius 2 is 1.82 bits per heavy atom. The summed E-state index contributed by atoms with van der Waals surface area (Å²) in [7, 11) is 2.91. The van der Waals surface area contributed by atoms with Crippen LogP contribution in [0.15, 0.2) is 53.7 Å². The highest BCUT2D eigenvalue weighted by Gasteiger charge is 2.45. The smallest absolute Gasteiger partial charge is 0.284 e. The topological polar surface area (TPSA) is 96.7 Å². The molecular weight excluding hydrogens is 568 g/mol. The van der Waals surface area contributed by atoms with E-state index < -0.39 is 23.2 Å². The molecule has 0 bridgehead atoms. The molecule has 5 heterocycles. The molecule has 44 heavy (non-hydrogen) atoms. The second-order valence-electron chi connectivity index (χ2n) is 11.4. The van der Waals surface area contributed by atoms with Crippen LogP contribution in [0.1, 0.15) is 39.3 Å². The van der Waals surface area contributed by atoms with Gasteiger partial charge in [-0.1, -0.05) is 26.0 Å². The minimum atomic E-state index is -0.812. The Hall–Kier alpha value is -4.87. The number of anilines is 2. The Morgan fingerprint density at radius 1 is 1.07 bits per heavy atom. The van der Waals surface area contributed by atoms with E-state index in [-0.39, 0.29) is 57.4 Å². The highest BCUT2D eigenvalue weighted by atomic mass is 19.1. The number of halogens is 2. The van der Waals surface area contributed by atoms with Crippen LogP contribution in [-0.2, 0) is 4.79 Å². The van der Waals surface area contributed by atoms with Crippen LogP contribution >= 0.6 is 0 Å². The van der Waals surface area contributed by atoms with Crippen molar-refractivity contribution < 1.29 is 18.3 Å². The van der Waals surface area contributed by atoms with Gasteiger partial charge in [-0.15, -0.1) is 0 Å². The van der Waals surface area contributed by atoms with E-state index in [0.717, 1.165) is 0 Å². The number of carbonyl (C=O) groups is 1. The molecule has 12 heteroatoms. The molecule has 1 aromatic carbocycles. The van der Waals surface area contributed by atoms with E-state index in [1.54, 1.807) is 7.05 Å². The van der Waals surface area contributed by atoms with Crippen LogP contribution in [0.5, 0.6) is 5.75 Å². The van der Waals surface area contributed by atoms with Crippen molar-refractivity contribution in [1.29, 1.82) is 0 Å². The third kappa shape index (κ3) is 4.39.